The molecule has 0 spiro atoms. The highest BCUT2D eigenvalue weighted by molar-refractivity contribution is 6.03. The fraction of sp³-hybridized carbons (Fsp3) is 0.312. The first kappa shape index (κ1) is 18.3. The minimum absolute atomic E-state index is 0.00929. The molecule has 1 N–H and O–H groups in total. The van der Waals surface area contributed by atoms with Gasteiger partial charge in [-0.25, -0.2) is 14.4 Å². The zero-order valence-corrected chi connectivity index (χ0v) is 13.9. The molecule has 0 atom stereocenters. The second kappa shape index (κ2) is 7.67. The summed E-state index contributed by atoms with van der Waals surface area (Å²) in [5, 5.41) is 9.09. The van der Waals surface area contributed by atoms with Gasteiger partial charge in [0.1, 0.15) is 18.2 Å². The molecule has 2 rings (SSSR count). The number of anilines is 1. The summed E-state index contributed by atoms with van der Waals surface area (Å²) < 4.78 is 20.0. The van der Waals surface area contributed by atoms with Crippen molar-refractivity contribution in [2.45, 2.75) is 0 Å². The lowest BCUT2D eigenvalue weighted by molar-refractivity contribution is -0.140. The second-order valence-corrected chi connectivity index (χ2v) is 4.91. The molecule has 0 bridgehead atoms. The number of ether oxygens (including phenoxy) is 4. The molecule has 0 amide bonds. The number of hydrogen-bond donors (Lipinski definition) is 1. The van der Waals surface area contributed by atoms with Crippen molar-refractivity contribution < 1.29 is 38.4 Å². The number of carboxylic acid groups (broad SMARTS) is 1. The van der Waals surface area contributed by atoms with E-state index in [1.165, 1.54) is 44.4 Å². The summed E-state index contributed by atoms with van der Waals surface area (Å²) >= 11 is 0. The number of esters is 2. The minimum Gasteiger partial charge on any atom is -0.495 e. The maximum atomic E-state index is 12.2. The van der Waals surface area contributed by atoms with Crippen molar-refractivity contribution in [2.24, 2.45) is 0 Å². The standard InChI is InChI=1S/C16H17NO8/c1-22-12-6-9(14(18)19)4-5-11(12)17-8-25-7-10(15(20)23-2)13(17)16(21)24-3/h4-6H,7-8H2,1-3H3,(H,18,19). The molecule has 9 nitrogen and oxygen atoms in total. The van der Waals surface area contributed by atoms with Crippen LogP contribution in [0, 0.1) is 0 Å². The Morgan fingerprint density at radius 1 is 1.12 bits per heavy atom. The predicted octanol–water partition coefficient (Wildman–Crippen LogP) is 0.788. The van der Waals surface area contributed by atoms with E-state index in [9.17, 15) is 14.4 Å². The summed E-state index contributed by atoms with van der Waals surface area (Å²) in [4.78, 5) is 36.7. The third-order valence-corrected chi connectivity index (χ3v) is 3.55. The predicted molar refractivity (Wildman–Crippen MR) is 84.3 cm³/mol. The van der Waals surface area contributed by atoms with Crippen LogP contribution in [0.1, 0.15) is 10.4 Å². The molecular formula is C16H17NO8. The van der Waals surface area contributed by atoms with E-state index in [1.54, 1.807) is 0 Å². The summed E-state index contributed by atoms with van der Waals surface area (Å²) in [5.41, 5.74) is 0.288. The summed E-state index contributed by atoms with van der Waals surface area (Å²) in [6.45, 7) is -0.184. The third kappa shape index (κ3) is 3.56. The van der Waals surface area contributed by atoms with Gasteiger partial charge >= 0.3 is 17.9 Å². The molecule has 0 saturated heterocycles. The van der Waals surface area contributed by atoms with Crippen molar-refractivity contribution in [3.63, 3.8) is 0 Å². The molecule has 0 radical (unpaired) electrons. The topological polar surface area (TPSA) is 112 Å². The molecule has 1 heterocycles. The maximum Gasteiger partial charge on any atom is 0.355 e. The number of aromatic carboxylic acids is 1. The molecule has 1 aliphatic heterocycles. The quantitative estimate of drug-likeness (QED) is 0.769. The monoisotopic (exact) mass is 351 g/mol. The molecule has 0 aromatic heterocycles. The second-order valence-electron chi connectivity index (χ2n) is 4.91. The van der Waals surface area contributed by atoms with Crippen LogP contribution in [0.2, 0.25) is 0 Å². The van der Waals surface area contributed by atoms with Crippen molar-refractivity contribution >= 4 is 23.6 Å². The number of rotatable bonds is 5. The largest absolute Gasteiger partial charge is 0.495 e. The van der Waals surface area contributed by atoms with Gasteiger partial charge in [-0.3, -0.25) is 0 Å². The van der Waals surface area contributed by atoms with E-state index in [0.717, 1.165) is 0 Å². The van der Waals surface area contributed by atoms with Crippen molar-refractivity contribution in [1.82, 2.24) is 0 Å². The first-order chi connectivity index (χ1) is 11.9. The summed E-state index contributed by atoms with van der Waals surface area (Å²) in [6.07, 6.45) is 0. The SMILES string of the molecule is COC(=O)C1=C(C(=O)OC)N(c2ccc(C(=O)O)cc2OC)COC1. The molecule has 1 aliphatic rings. The Morgan fingerprint density at radius 2 is 1.80 bits per heavy atom. The summed E-state index contributed by atoms with van der Waals surface area (Å²) in [5.74, 6) is -2.42. The Balaban J connectivity index is 2.61. The number of benzene rings is 1. The van der Waals surface area contributed by atoms with Crippen LogP contribution in [0.5, 0.6) is 5.75 Å². The number of methoxy groups -OCH3 is 3. The zero-order valence-electron chi connectivity index (χ0n) is 13.9. The fourth-order valence-corrected chi connectivity index (χ4v) is 2.37. The molecule has 134 valence electrons. The van der Waals surface area contributed by atoms with Crippen LogP contribution in [0.4, 0.5) is 5.69 Å². The first-order valence-corrected chi connectivity index (χ1v) is 7.11. The van der Waals surface area contributed by atoms with Crippen LogP contribution < -0.4 is 9.64 Å². The Hall–Kier alpha value is -3.07. The van der Waals surface area contributed by atoms with E-state index in [4.69, 9.17) is 19.3 Å². The van der Waals surface area contributed by atoms with Crippen molar-refractivity contribution in [2.75, 3.05) is 39.6 Å². The van der Waals surface area contributed by atoms with Gasteiger partial charge in [-0.1, -0.05) is 0 Å². The Bertz CT molecular complexity index is 740. The van der Waals surface area contributed by atoms with E-state index in [2.05, 4.69) is 4.74 Å². The van der Waals surface area contributed by atoms with Crippen LogP contribution in [0.25, 0.3) is 0 Å². The van der Waals surface area contributed by atoms with E-state index in [-0.39, 0.29) is 35.9 Å². The van der Waals surface area contributed by atoms with Crippen LogP contribution in [0.15, 0.2) is 29.5 Å². The highest BCUT2D eigenvalue weighted by Gasteiger charge is 2.33. The highest BCUT2D eigenvalue weighted by Crippen LogP contribution is 2.34. The van der Waals surface area contributed by atoms with E-state index in [0.29, 0.717) is 5.69 Å². The van der Waals surface area contributed by atoms with Gasteiger partial charge in [-0.05, 0) is 18.2 Å². The van der Waals surface area contributed by atoms with Crippen molar-refractivity contribution in [3.8, 4) is 5.75 Å². The van der Waals surface area contributed by atoms with E-state index in [1.807, 2.05) is 0 Å². The lowest BCUT2D eigenvalue weighted by Gasteiger charge is -2.32. The average molecular weight is 351 g/mol. The Labute approximate surface area is 143 Å². The normalized spacial score (nSPS) is 14.1. The molecule has 9 heteroatoms. The van der Waals surface area contributed by atoms with Gasteiger partial charge < -0.3 is 29.0 Å². The molecule has 1 aromatic carbocycles. The molecule has 0 fully saturated rings. The summed E-state index contributed by atoms with van der Waals surface area (Å²) in [7, 11) is 3.73. The number of carboxylic acids is 1. The van der Waals surface area contributed by atoms with Gasteiger partial charge in [0.25, 0.3) is 0 Å². The smallest absolute Gasteiger partial charge is 0.355 e. The van der Waals surface area contributed by atoms with Crippen LogP contribution in [0.3, 0.4) is 0 Å². The minimum atomic E-state index is -1.13. The molecule has 25 heavy (non-hydrogen) atoms. The third-order valence-electron chi connectivity index (χ3n) is 3.55. The first-order valence-electron chi connectivity index (χ1n) is 7.11. The molecule has 0 unspecified atom stereocenters. The number of carbonyl (C=O) groups is 3. The Morgan fingerprint density at radius 3 is 2.36 bits per heavy atom. The lowest BCUT2D eigenvalue weighted by Crippen LogP contribution is -2.39. The summed E-state index contributed by atoms with van der Waals surface area (Å²) in [6, 6.07) is 4.11. The number of nitrogens with zero attached hydrogens (tertiary/aromatic N) is 1. The van der Waals surface area contributed by atoms with Gasteiger partial charge in [-0.2, -0.15) is 0 Å². The van der Waals surface area contributed by atoms with Crippen LogP contribution in [-0.2, 0) is 23.8 Å². The van der Waals surface area contributed by atoms with Gasteiger partial charge in [0.2, 0.25) is 0 Å². The van der Waals surface area contributed by atoms with Gasteiger partial charge in [0.15, 0.2) is 0 Å². The highest BCUT2D eigenvalue weighted by atomic mass is 16.5. The van der Waals surface area contributed by atoms with Crippen LogP contribution >= 0.6 is 0 Å². The Kier molecular flexibility index (Phi) is 5.60. The van der Waals surface area contributed by atoms with Gasteiger partial charge in [-0.15, -0.1) is 0 Å². The van der Waals surface area contributed by atoms with Gasteiger partial charge in [0, 0.05) is 0 Å². The maximum absolute atomic E-state index is 12.2. The average Bonchev–Trinajstić information content (AvgIpc) is 2.65. The van der Waals surface area contributed by atoms with E-state index >= 15 is 0 Å². The fourth-order valence-electron chi connectivity index (χ4n) is 2.37. The van der Waals surface area contributed by atoms with E-state index < -0.39 is 17.9 Å². The lowest BCUT2D eigenvalue weighted by atomic mass is 10.1. The van der Waals surface area contributed by atoms with Crippen LogP contribution in [-0.4, -0.2) is 57.7 Å². The zero-order chi connectivity index (χ0) is 18.6. The number of hydrogen-bond acceptors (Lipinski definition) is 8. The van der Waals surface area contributed by atoms with Crippen molar-refractivity contribution in [3.05, 3.63) is 35.0 Å². The molecule has 0 aliphatic carbocycles. The molecular weight excluding hydrogens is 334 g/mol. The van der Waals surface area contributed by atoms with Crippen molar-refractivity contribution in [1.29, 1.82) is 0 Å². The number of carbonyl (C=O) groups excluding carboxylic acids is 2. The molecule has 1 aromatic rings. The van der Waals surface area contributed by atoms with Gasteiger partial charge in [0.05, 0.1) is 44.8 Å². The molecule has 0 saturated carbocycles.